The summed E-state index contributed by atoms with van der Waals surface area (Å²) in [6.45, 7) is 7.53. The Morgan fingerprint density at radius 1 is 1.24 bits per heavy atom. The molecule has 13 heteroatoms. The van der Waals surface area contributed by atoms with Gasteiger partial charge in [-0.15, -0.1) is 0 Å². The molecule has 1 amide bonds. The molecule has 0 aromatic heterocycles. The molecule has 0 spiro atoms. The molecule has 2 unspecified atom stereocenters. The number of nitrogens with zero attached hydrogens (tertiary/aromatic N) is 2. The maximum absolute atomic E-state index is 14.0. The van der Waals surface area contributed by atoms with E-state index in [9.17, 15) is 22.9 Å². The Morgan fingerprint density at radius 2 is 1.92 bits per heavy atom. The zero-order chi connectivity index (χ0) is 28.0. The minimum absolute atomic E-state index is 0.0411. The van der Waals surface area contributed by atoms with E-state index in [1.807, 2.05) is 32.9 Å². The number of hydrogen-bond acceptors (Lipinski definition) is 7. The Hall–Kier alpha value is -2.85. The number of amides is 1. The number of rotatable bonds is 7. The fourth-order valence-electron chi connectivity index (χ4n) is 4.60. The van der Waals surface area contributed by atoms with Crippen LogP contribution in [0.3, 0.4) is 0 Å². The summed E-state index contributed by atoms with van der Waals surface area (Å²) in [4.78, 5) is 15.3. The third kappa shape index (κ3) is 5.47. The first kappa shape index (κ1) is 28.2. The quantitative estimate of drug-likeness (QED) is 0.405. The van der Waals surface area contributed by atoms with Gasteiger partial charge in [-0.3, -0.25) is 14.1 Å². The van der Waals surface area contributed by atoms with Crippen LogP contribution in [0.4, 0.5) is 11.4 Å². The lowest BCUT2D eigenvalue weighted by molar-refractivity contribution is -0.129. The maximum atomic E-state index is 14.0. The van der Waals surface area contributed by atoms with Crippen molar-refractivity contribution < 1.29 is 27.4 Å². The Kier molecular flexibility index (Phi) is 7.44. The number of nitrogens with one attached hydrogen (secondary N) is 2. The van der Waals surface area contributed by atoms with Gasteiger partial charge in [-0.25, -0.2) is 8.42 Å². The molecule has 2 heterocycles. The van der Waals surface area contributed by atoms with Crippen molar-refractivity contribution in [2.45, 2.75) is 40.3 Å². The maximum Gasteiger partial charge on any atom is 0.348 e. The smallest absolute Gasteiger partial charge is 0.348 e. The van der Waals surface area contributed by atoms with Crippen molar-refractivity contribution in [1.29, 1.82) is 0 Å². The second-order valence-electron chi connectivity index (χ2n) is 10.2. The predicted molar refractivity (Wildman–Crippen MR) is 150 cm³/mol. The molecule has 4 rings (SSSR count). The van der Waals surface area contributed by atoms with Crippen molar-refractivity contribution in [3.8, 4) is 0 Å². The van der Waals surface area contributed by atoms with Crippen LogP contribution >= 0.6 is 19.1 Å². The number of carbonyl (C=O) groups is 1. The number of fused-ring (bicyclic) bond motifs is 1. The number of aliphatic hydroxyl groups is 1. The summed E-state index contributed by atoms with van der Waals surface area (Å²) >= 11 is 6.37. The zero-order valence-corrected chi connectivity index (χ0v) is 24.1. The van der Waals surface area contributed by atoms with Crippen LogP contribution in [0.2, 0.25) is 5.02 Å². The Bertz CT molecular complexity index is 1520. The number of aliphatic hydroxyl groups excluding tert-OH is 1. The molecule has 2 aromatic rings. The molecule has 38 heavy (non-hydrogen) atoms. The van der Waals surface area contributed by atoms with E-state index >= 15 is 0 Å². The van der Waals surface area contributed by atoms with Gasteiger partial charge in [-0.2, -0.15) is 4.76 Å². The van der Waals surface area contributed by atoms with Crippen LogP contribution in [0.5, 0.6) is 0 Å². The summed E-state index contributed by atoms with van der Waals surface area (Å²) in [5.74, 6) is -0.797. The minimum atomic E-state index is -3.96. The van der Waals surface area contributed by atoms with E-state index in [-0.39, 0.29) is 41.3 Å². The van der Waals surface area contributed by atoms with Crippen LogP contribution in [0.1, 0.15) is 33.3 Å². The monoisotopic (exact) mass is 580 g/mol. The van der Waals surface area contributed by atoms with Crippen LogP contribution in [-0.2, 0) is 30.5 Å². The summed E-state index contributed by atoms with van der Waals surface area (Å²) in [5.41, 5.74) is 0.535. The van der Waals surface area contributed by atoms with Gasteiger partial charge >= 0.3 is 7.52 Å². The summed E-state index contributed by atoms with van der Waals surface area (Å²) < 4.78 is 49.6. The molecule has 0 fully saturated rings. The molecule has 2 atom stereocenters. The largest absolute Gasteiger partial charge is 0.509 e. The van der Waals surface area contributed by atoms with Gasteiger partial charge in [0.25, 0.3) is 5.91 Å². The first-order valence-electron chi connectivity index (χ1n) is 11.9. The average Bonchev–Trinajstić information content (AvgIpc) is 3.04. The van der Waals surface area contributed by atoms with E-state index in [2.05, 4.69) is 14.8 Å². The molecule has 2 aliphatic heterocycles. The van der Waals surface area contributed by atoms with Crippen molar-refractivity contribution in [2.75, 3.05) is 22.9 Å². The number of halogens is 1. The number of benzene rings is 2. The van der Waals surface area contributed by atoms with Crippen LogP contribution in [0.25, 0.3) is 0 Å². The van der Waals surface area contributed by atoms with Crippen LogP contribution in [0.15, 0.2) is 58.6 Å². The van der Waals surface area contributed by atoms with Crippen LogP contribution < -0.4 is 15.3 Å². The van der Waals surface area contributed by atoms with Gasteiger partial charge in [0, 0.05) is 17.3 Å². The molecule has 204 valence electrons. The van der Waals surface area contributed by atoms with Gasteiger partial charge < -0.3 is 19.8 Å². The van der Waals surface area contributed by atoms with Crippen molar-refractivity contribution in [2.24, 2.45) is 10.2 Å². The SMILES string of the molecule is CCOP1(=O)N=C(C2=C(O)C(C(C)(C)C)N(Cc3ccccc3Cl)C2=O)Nc2ccc(NS(C)(=O)=O)cc21. The van der Waals surface area contributed by atoms with Gasteiger partial charge in [-0.05, 0) is 42.2 Å². The van der Waals surface area contributed by atoms with E-state index in [1.54, 1.807) is 19.1 Å². The summed E-state index contributed by atoms with van der Waals surface area (Å²) in [5, 5.41) is 15.0. The van der Waals surface area contributed by atoms with E-state index < -0.39 is 34.9 Å². The van der Waals surface area contributed by atoms with Crippen molar-refractivity contribution in [3.05, 3.63) is 64.4 Å². The molecular formula is C25H30ClN4O6PS. The molecule has 0 bridgehead atoms. The Labute approximate surface area is 227 Å². The molecule has 0 aliphatic carbocycles. The zero-order valence-electron chi connectivity index (χ0n) is 21.6. The second kappa shape index (κ2) is 10.0. The highest BCUT2D eigenvalue weighted by Gasteiger charge is 2.48. The molecule has 3 N–H and O–H groups in total. The number of hydrogen-bond donors (Lipinski definition) is 3. The molecular weight excluding hydrogens is 551 g/mol. The average molecular weight is 581 g/mol. The predicted octanol–water partition coefficient (Wildman–Crippen LogP) is 4.66. The fraction of sp³-hybridized carbons (Fsp3) is 0.360. The first-order chi connectivity index (χ1) is 17.6. The number of anilines is 2. The standard InChI is InChI=1S/C25H30ClN4O6PS/c1-6-36-37(33)19-13-16(29-38(5,34)35)11-12-18(19)27-23(28-37)20-21(31)22(25(2,3)4)30(24(20)32)14-15-9-7-8-10-17(15)26/h7-13,22,29,31H,6,14H2,1-5H3,(H,27,28,33). The number of carbonyl (C=O) groups excluding carboxylic acids is 1. The van der Waals surface area contributed by atoms with E-state index in [4.69, 9.17) is 16.1 Å². The molecule has 2 aliphatic rings. The highest BCUT2D eigenvalue weighted by Crippen LogP contribution is 2.53. The number of amidine groups is 1. The first-order valence-corrected chi connectivity index (χ1v) is 15.7. The molecule has 0 saturated carbocycles. The second-order valence-corrected chi connectivity index (χ2v) is 14.3. The number of sulfonamides is 1. The van der Waals surface area contributed by atoms with Gasteiger partial charge in [0.15, 0.2) is 5.84 Å². The van der Waals surface area contributed by atoms with Crippen LogP contribution in [0, 0.1) is 5.41 Å². The molecule has 0 radical (unpaired) electrons. The molecule has 10 nitrogen and oxygen atoms in total. The Balaban J connectivity index is 1.80. The van der Waals surface area contributed by atoms with Gasteiger partial charge in [0.1, 0.15) is 11.3 Å². The fourth-order valence-corrected chi connectivity index (χ4v) is 7.16. The highest BCUT2D eigenvalue weighted by molar-refractivity contribution is 7.92. The highest BCUT2D eigenvalue weighted by atomic mass is 35.5. The van der Waals surface area contributed by atoms with E-state index in [1.165, 1.54) is 23.1 Å². The third-order valence-corrected chi connectivity index (χ3v) is 9.08. The lowest BCUT2D eigenvalue weighted by Gasteiger charge is -2.35. The van der Waals surface area contributed by atoms with Crippen LogP contribution in [-0.4, -0.2) is 49.1 Å². The third-order valence-electron chi connectivity index (χ3n) is 6.05. The molecule has 2 aromatic carbocycles. The summed E-state index contributed by atoms with van der Waals surface area (Å²) in [7, 11) is -7.54. The van der Waals surface area contributed by atoms with Gasteiger partial charge in [0.2, 0.25) is 10.0 Å². The lowest BCUT2D eigenvalue weighted by atomic mass is 9.85. The minimum Gasteiger partial charge on any atom is -0.509 e. The van der Waals surface area contributed by atoms with E-state index in [0.717, 1.165) is 6.26 Å². The normalized spacial score (nSPS) is 21.7. The Morgan fingerprint density at radius 3 is 2.53 bits per heavy atom. The summed E-state index contributed by atoms with van der Waals surface area (Å²) in [6.07, 6.45) is 1.00. The topological polar surface area (TPSA) is 137 Å². The van der Waals surface area contributed by atoms with Crippen molar-refractivity contribution in [3.63, 3.8) is 0 Å². The van der Waals surface area contributed by atoms with Crippen molar-refractivity contribution in [1.82, 2.24) is 4.90 Å². The van der Waals surface area contributed by atoms with Gasteiger partial charge in [-0.1, -0.05) is 50.6 Å². The molecule has 0 saturated heterocycles. The van der Waals surface area contributed by atoms with Gasteiger partial charge in [0.05, 0.1) is 29.9 Å². The van der Waals surface area contributed by atoms with Crippen molar-refractivity contribution >= 4 is 57.6 Å². The lowest BCUT2D eigenvalue weighted by Crippen LogP contribution is -2.43. The van der Waals surface area contributed by atoms with E-state index in [0.29, 0.717) is 16.3 Å². The summed E-state index contributed by atoms with van der Waals surface area (Å²) in [6, 6.07) is 10.8.